The maximum Gasteiger partial charge on any atom is 0.260 e. The number of nitrogens with one attached hydrogen (secondary N) is 1. The number of aromatic nitrogens is 2. The van der Waals surface area contributed by atoms with E-state index in [1.165, 1.54) is 0 Å². The molecule has 112 valence electrons. The van der Waals surface area contributed by atoms with Crippen molar-refractivity contribution in [3.8, 4) is 0 Å². The number of amides is 2. The van der Waals surface area contributed by atoms with E-state index in [0.717, 1.165) is 11.3 Å². The van der Waals surface area contributed by atoms with Crippen LogP contribution in [0.3, 0.4) is 0 Å². The highest BCUT2D eigenvalue weighted by molar-refractivity contribution is 7.19. The highest BCUT2D eigenvalue weighted by Gasteiger charge is 2.22. The molecule has 0 aliphatic rings. The monoisotopic (exact) mass is 310 g/mol. The van der Waals surface area contributed by atoms with E-state index in [4.69, 9.17) is 21.7 Å². The van der Waals surface area contributed by atoms with Crippen molar-refractivity contribution in [1.29, 1.82) is 0 Å². The fraction of sp³-hybridized carbons (Fsp3) is 0.273. The van der Waals surface area contributed by atoms with E-state index in [2.05, 4.69) is 15.5 Å². The van der Waals surface area contributed by atoms with Crippen LogP contribution in [-0.4, -0.2) is 28.5 Å². The van der Waals surface area contributed by atoms with E-state index >= 15 is 0 Å². The average Bonchev–Trinajstić information content (AvgIpc) is 2.93. The maximum atomic E-state index is 11.4. The van der Waals surface area contributed by atoms with Crippen LogP contribution in [0.4, 0.5) is 10.7 Å². The van der Waals surface area contributed by atoms with E-state index in [-0.39, 0.29) is 16.1 Å². The van der Waals surface area contributed by atoms with Gasteiger partial charge in [0.1, 0.15) is 9.88 Å². The van der Waals surface area contributed by atoms with Gasteiger partial charge in [-0.2, -0.15) is 4.98 Å². The Morgan fingerprint density at radius 1 is 1.33 bits per heavy atom. The van der Waals surface area contributed by atoms with E-state index in [1.54, 1.807) is 6.92 Å². The summed E-state index contributed by atoms with van der Waals surface area (Å²) in [5, 5.41) is 7.12. The summed E-state index contributed by atoms with van der Waals surface area (Å²) >= 11 is 0.987. The summed E-state index contributed by atoms with van der Waals surface area (Å²) in [5.41, 5.74) is 16.3. The summed E-state index contributed by atoms with van der Waals surface area (Å²) in [6.45, 7) is 2.10. The smallest absolute Gasteiger partial charge is 0.260 e. The topological polar surface area (TPSA) is 163 Å². The summed E-state index contributed by atoms with van der Waals surface area (Å²) in [5.74, 6) is -0.435. The average molecular weight is 310 g/mol. The zero-order valence-corrected chi connectivity index (χ0v) is 12.0. The van der Waals surface area contributed by atoms with Crippen molar-refractivity contribution in [2.45, 2.75) is 13.3 Å². The molecule has 10 heteroatoms. The number of aryl methyl sites for hydroxylation is 1. The van der Waals surface area contributed by atoms with Crippen LogP contribution < -0.4 is 22.5 Å². The highest BCUT2D eigenvalue weighted by Crippen LogP contribution is 2.35. The van der Waals surface area contributed by atoms with Crippen molar-refractivity contribution < 1.29 is 14.1 Å². The molecule has 0 bridgehead atoms. The molecule has 21 heavy (non-hydrogen) atoms. The standard InChI is InChI=1S/C11H14N6O3S/c1-4-16-5(17-20-4)2-3-15-11-6(9(13)18)7(12)8(21-11)10(14)19/h15H,2-3,12H2,1H3,(H2,13,18)(H2,14,19). The minimum Gasteiger partial charge on any atom is -0.397 e. The van der Waals surface area contributed by atoms with Gasteiger partial charge in [0.2, 0.25) is 5.89 Å². The van der Waals surface area contributed by atoms with Gasteiger partial charge in [0, 0.05) is 19.9 Å². The first-order valence-electron chi connectivity index (χ1n) is 5.95. The number of primary amides is 2. The Labute approximate surface area is 123 Å². The van der Waals surface area contributed by atoms with Crippen molar-refractivity contribution in [2.24, 2.45) is 11.5 Å². The van der Waals surface area contributed by atoms with Crippen LogP contribution in [-0.2, 0) is 6.42 Å². The molecule has 0 atom stereocenters. The number of nitrogen functional groups attached to an aromatic ring is 1. The van der Waals surface area contributed by atoms with Crippen molar-refractivity contribution in [3.63, 3.8) is 0 Å². The molecule has 9 nitrogen and oxygen atoms in total. The molecular weight excluding hydrogens is 296 g/mol. The second-order valence-electron chi connectivity index (χ2n) is 4.18. The fourth-order valence-corrected chi connectivity index (χ4v) is 2.73. The Kier molecular flexibility index (Phi) is 4.08. The molecule has 2 aromatic heterocycles. The summed E-state index contributed by atoms with van der Waals surface area (Å²) in [6, 6.07) is 0. The van der Waals surface area contributed by atoms with Crippen LogP contribution in [0.5, 0.6) is 0 Å². The molecule has 0 fully saturated rings. The number of thiophene rings is 1. The minimum absolute atomic E-state index is 0.00194. The molecule has 0 saturated carbocycles. The quantitative estimate of drug-likeness (QED) is 0.577. The Bertz CT molecular complexity index is 692. The van der Waals surface area contributed by atoms with Gasteiger partial charge in [0.05, 0.1) is 11.3 Å². The first-order chi connectivity index (χ1) is 9.90. The van der Waals surface area contributed by atoms with E-state index < -0.39 is 11.8 Å². The van der Waals surface area contributed by atoms with E-state index in [0.29, 0.717) is 29.7 Å². The lowest BCUT2D eigenvalue weighted by Gasteiger charge is -2.03. The lowest BCUT2D eigenvalue weighted by Crippen LogP contribution is -2.17. The Balaban J connectivity index is 2.13. The molecule has 2 aromatic rings. The predicted octanol–water partition coefficient (Wildman–Crippen LogP) is -0.126. The number of nitrogens with two attached hydrogens (primary N) is 3. The van der Waals surface area contributed by atoms with E-state index in [9.17, 15) is 9.59 Å². The number of hydrogen-bond donors (Lipinski definition) is 4. The Morgan fingerprint density at radius 2 is 2.05 bits per heavy atom. The normalized spacial score (nSPS) is 10.5. The fourth-order valence-electron chi connectivity index (χ4n) is 1.73. The summed E-state index contributed by atoms with van der Waals surface area (Å²) < 4.78 is 4.84. The van der Waals surface area contributed by atoms with Gasteiger partial charge in [-0.05, 0) is 0 Å². The van der Waals surface area contributed by atoms with Crippen LogP contribution in [0.15, 0.2) is 4.52 Å². The zero-order valence-electron chi connectivity index (χ0n) is 11.2. The maximum absolute atomic E-state index is 11.4. The van der Waals surface area contributed by atoms with Crippen LogP contribution in [0.2, 0.25) is 0 Å². The number of carbonyl (C=O) groups is 2. The summed E-state index contributed by atoms with van der Waals surface area (Å²) in [6.07, 6.45) is 0.471. The summed E-state index contributed by atoms with van der Waals surface area (Å²) in [7, 11) is 0. The summed E-state index contributed by atoms with van der Waals surface area (Å²) in [4.78, 5) is 26.8. The van der Waals surface area contributed by atoms with E-state index in [1.807, 2.05) is 0 Å². The SMILES string of the molecule is Cc1nc(CCNc2sc(C(N)=O)c(N)c2C(N)=O)no1. The molecule has 0 radical (unpaired) electrons. The van der Waals surface area contributed by atoms with Gasteiger partial charge >= 0.3 is 0 Å². The van der Waals surface area contributed by atoms with Crippen molar-refractivity contribution in [2.75, 3.05) is 17.6 Å². The van der Waals surface area contributed by atoms with Crippen LogP contribution in [0.25, 0.3) is 0 Å². The van der Waals surface area contributed by atoms with Gasteiger partial charge in [-0.15, -0.1) is 11.3 Å². The Hall–Kier alpha value is -2.62. The Morgan fingerprint density at radius 3 is 2.57 bits per heavy atom. The molecule has 0 spiro atoms. The number of carbonyl (C=O) groups excluding carboxylic acids is 2. The minimum atomic E-state index is -0.728. The molecule has 0 aliphatic heterocycles. The first kappa shape index (κ1) is 14.8. The molecule has 0 saturated heterocycles. The van der Waals surface area contributed by atoms with Gasteiger partial charge in [0.15, 0.2) is 5.82 Å². The van der Waals surface area contributed by atoms with Crippen LogP contribution in [0, 0.1) is 6.92 Å². The predicted molar refractivity (Wildman–Crippen MR) is 77.0 cm³/mol. The third-order valence-electron chi connectivity index (χ3n) is 2.62. The molecule has 0 aliphatic carbocycles. The van der Waals surface area contributed by atoms with Crippen LogP contribution in [0.1, 0.15) is 31.7 Å². The molecular formula is C11H14N6O3S. The third-order valence-corrected chi connectivity index (χ3v) is 3.80. The molecule has 2 rings (SSSR count). The molecule has 0 aromatic carbocycles. The lowest BCUT2D eigenvalue weighted by molar-refractivity contribution is 0.0999. The first-order valence-corrected chi connectivity index (χ1v) is 6.76. The molecule has 2 heterocycles. The van der Waals surface area contributed by atoms with Crippen molar-refractivity contribution in [1.82, 2.24) is 10.1 Å². The lowest BCUT2D eigenvalue weighted by atomic mass is 10.2. The van der Waals surface area contributed by atoms with Gasteiger partial charge in [0.25, 0.3) is 11.8 Å². The van der Waals surface area contributed by atoms with Gasteiger partial charge in [-0.3, -0.25) is 9.59 Å². The molecule has 7 N–H and O–H groups in total. The number of anilines is 2. The number of nitrogens with zero attached hydrogens (tertiary/aromatic N) is 2. The van der Waals surface area contributed by atoms with Gasteiger partial charge < -0.3 is 27.0 Å². The second kappa shape index (κ2) is 5.79. The van der Waals surface area contributed by atoms with Crippen molar-refractivity contribution in [3.05, 3.63) is 22.2 Å². The van der Waals surface area contributed by atoms with Gasteiger partial charge in [-0.1, -0.05) is 5.16 Å². The highest BCUT2D eigenvalue weighted by atomic mass is 32.1. The van der Waals surface area contributed by atoms with Crippen molar-refractivity contribution >= 4 is 33.8 Å². The zero-order chi connectivity index (χ0) is 15.6. The second-order valence-corrected chi connectivity index (χ2v) is 5.20. The van der Waals surface area contributed by atoms with Gasteiger partial charge in [-0.25, -0.2) is 0 Å². The largest absolute Gasteiger partial charge is 0.397 e. The van der Waals surface area contributed by atoms with Crippen LogP contribution >= 0.6 is 11.3 Å². The third kappa shape index (κ3) is 3.11. The molecule has 2 amide bonds. The number of rotatable bonds is 6. The number of hydrogen-bond acceptors (Lipinski definition) is 8. The molecule has 0 unspecified atom stereocenters.